The van der Waals surface area contributed by atoms with Crippen LogP contribution in [0.4, 0.5) is 0 Å². The van der Waals surface area contributed by atoms with Crippen LogP contribution >= 0.6 is 0 Å². The van der Waals surface area contributed by atoms with Crippen molar-refractivity contribution in [2.45, 2.75) is 41.2 Å². The first kappa shape index (κ1) is 31.5. The minimum atomic E-state index is -1.23. The number of hydrogen-bond donors (Lipinski definition) is 3. The van der Waals surface area contributed by atoms with Crippen molar-refractivity contribution in [3.63, 3.8) is 0 Å². The van der Waals surface area contributed by atoms with Gasteiger partial charge in [0.15, 0.2) is 5.78 Å². The third-order valence-electron chi connectivity index (χ3n) is 5.57. The predicted molar refractivity (Wildman–Crippen MR) is 144 cm³/mol. The predicted octanol–water partition coefficient (Wildman–Crippen LogP) is 3.41. The van der Waals surface area contributed by atoms with Crippen molar-refractivity contribution in [1.29, 1.82) is 0 Å². The van der Waals surface area contributed by atoms with E-state index < -0.39 is 17.2 Å². The van der Waals surface area contributed by atoms with E-state index >= 15 is 0 Å². The second kappa shape index (κ2) is 16.3. The summed E-state index contributed by atoms with van der Waals surface area (Å²) in [6, 6.07) is 15.8. The van der Waals surface area contributed by atoms with E-state index in [4.69, 9.17) is 9.94 Å². The molecule has 1 aliphatic rings. The monoisotopic (exact) mass is 509 g/mol. The van der Waals surface area contributed by atoms with Gasteiger partial charge in [-0.3, -0.25) is 24.5 Å². The van der Waals surface area contributed by atoms with E-state index in [9.17, 15) is 14.4 Å². The summed E-state index contributed by atoms with van der Waals surface area (Å²) in [6.45, 7) is 13.0. The lowest BCUT2D eigenvalue weighted by atomic mass is 9.92. The van der Waals surface area contributed by atoms with Crippen LogP contribution in [0.5, 0.6) is 0 Å². The third kappa shape index (κ3) is 10.6. The average Bonchev–Trinajstić information content (AvgIpc) is 2.93. The Balaban J connectivity index is 0.000000446. The summed E-state index contributed by atoms with van der Waals surface area (Å²) in [6.07, 6.45) is 0. The maximum Gasteiger partial charge on any atom is 0.258 e. The highest BCUT2D eigenvalue weighted by Gasteiger charge is 2.34. The summed E-state index contributed by atoms with van der Waals surface area (Å²) in [5, 5.41) is 10.5. The maximum atomic E-state index is 11.3. The summed E-state index contributed by atoms with van der Waals surface area (Å²) < 4.78 is 5.37. The third-order valence-corrected chi connectivity index (χ3v) is 5.57. The second-order valence-corrected chi connectivity index (χ2v) is 8.61. The largest absolute Gasteiger partial charge is 0.379 e. The molecule has 3 N–H and O–H groups in total. The van der Waals surface area contributed by atoms with Crippen molar-refractivity contribution in [1.82, 2.24) is 15.7 Å². The Morgan fingerprint density at radius 1 is 0.919 bits per heavy atom. The molecule has 0 spiro atoms. The number of rotatable bonds is 5. The Hall–Kier alpha value is -3.51. The summed E-state index contributed by atoms with van der Waals surface area (Å²) in [5.41, 5.74) is 4.11. The van der Waals surface area contributed by atoms with Crippen LogP contribution in [0.2, 0.25) is 0 Å². The fourth-order valence-corrected chi connectivity index (χ4v) is 3.20. The summed E-state index contributed by atoms with van der Waals surface area (Å²) in [7, 11) is 1.43. The van der Waals surface area contributed by atoms with Crippen LogP contribution in [-0.4, -0.2) is 61.1 Å². The van der Waals surface area contributed by atoms with Crippen molar-refractivity contribution >= 4 is 17.6 Å². The lowest BCUT2D eigenvalue weighted by Gasteiger charge is -2.26. The molecule has 2 aromatic rings. The Kier molecular flexibility index (Phi) is 13.9. The number of hydroxylamine groups is 1. The molecule has 2 aromatic carbocycles. The number of benzene rings is 2. The van der Waals surface area contributed by atoms with Gasteiger partial charge < -0.3 is 10.1 Å². The number of morpholine rings is 1. The highest BCUT2D eigenvalue weighted by molar-refractivity contribution is 6.03. The summed E-state index contributed by atoms with van der Waals surface area (Å²) in [4.78, 5) is 35.4. The zero-order chi connectivity index (χ0) is 27.8. The Labute approximate surface area is 220 Å². The van der Waals surface area contributed by atoms with Gasteiger partial charge in [0, 0.05) is 43.4 Å². The molecule has 3 rings (SSSR count). The first-order valence-electron chi connectivity index (χ1n) is 12.4. The van der Waals surface area contributed by atoms with Gasteiger partial charge in [0.2, 0.25) is 5.91 Å². The smallest absolute Gasteiger partial charge is 0.258 e. The van der Waals surface area contributed by atoms with E-state index in [1.54, 1.807) is 6.92 Å². The molecule has 37 heavy (non-hydrogen) atoms. The number of nitrogens with zero attached hydrogens (tertiary/aromatic N) is 1. The van der Waals surface area contributed by atoms with E-state index in [-0.39, 0.29) is 5.78 Å². The molecule has 0 unspecified atom stereocenters. The molecule has 8 heteroatoms. The highest BCUT2D eigenvalue weighted by Crippen LogP contribution is 2.14. The molecule has 200 valence electrons. The molecule has 1 aliphatic heterocycles. The van der Waals surface area contributed by atoms with E-state index in [2.05, 4.69) is 46.3 Å². The van der Waals surface area contributed by atoms with Gasteiger partial charge in [-0.2, -0.15) is 0 Å². The molecule has 0 atom stereocenters. The van der Waals surface area contributed by atoms with Crippen molar-refractivity contribution < 1.29 is 24.3 Å². The molecular weight excluding hydrogens is 470 g/mol. The van der Waals surface area contributed by atoms with Gasteiger partial charge in [-0.25, -0.2) is 5.48 Å². The van der Waals surface area contributed by atoms with Crippen molar-refractivity contribution in [2.24, 2.45) is 5.41 Å². The van der Waals surface area contributed by atoms with Crippen LogP contribution in [0.15, 0.2) is 48.5 Å². The number of hydrogen-bond acceptors (Lipinski definition) is 6. The normalized spacial score (nSPS) is 12.8. The van der Waals surface area contributed by atoms with Crippen molar-refractivity contribution in [3.8, 4) is 11.8 Å². The van der Waals surface area contributed by atoms with Crippen LogP contribution in [-0.2, 0) is 20.9 Å². The first-order valence-corrected chi connectivity index (χ1v) is 12.4. The van der Waals surface area contributed by atoms with Crippen LogP contribution in [0.25, 0.3) is 0 Å². The Morgan fingerprint density at radius 3 is 1.84 bits per heavy atom. The van der Waals surface area contributed by atoms with Gasteiger partial charge in [0.05, 0.1) is 13.2 Å². The molecule has 8 nitrogen and oxygen atoms in total. The molecule has 0 aromatic heterocycles. The van der Waals surface area contributed by atoms with Crippen LogP contribution in [0.3, 0.4) is 0 Å². The van der Waals surface area contributed by atoms with E-state index in [0.29, 0.717) is 5.56 Å². The molecule has 1 heterocycles. The number of nitrogens with one attached hydrogen (secondary N) is 2. The lowest BCUT2D eigenvalue weighted by Crippen LogP contribution is -2.45. The van der Waals surface area contributed by atoms with Gasteiger partial charge >= 0.3 is 0 Å². The van der Waals surface area contributed by atoms with Crippen molar-refractivity contribution in [2.75, 3.05) is 33.4 Å². The molecule has 0 saturated carbocycles. The van der Waals surface area contributed by atoms with Crippen LogP contribution in [0.1, 0.15) is 61.7 Å². The number of carbonyl (C=O) groups excluding carboxylic acids is 3. The second-order valence-electron chi connectivity index (χ2n) is 8.61. The van der Waals surface area contributed by atoms with Gasteiger partial charge in [0.1, 0.15) is 5.41 Å². The standard InChI is InChI=1S/C21H21NO2.C6H12N2O3.C2H6/c1-17(23)21-10-8-19(9-11-21)3-2-18-4-6-20(7-5-18)16-22-12-14-24-15-13-22;1-6(2,4(9)7-3)5(10)8-11;1-2/h4-11H,12-16H2,1H3;11H,1-3H3,(H,7,9)(H,8,10);1-2H3. The molecule has 0 radical (unpaired) electrons. The van der Waals surface area contributed by atoms with E-state index in [0.717, 1.165) is 44.0 Å². The summed E-state index contributed by atoms with van der Waals surface area (Å²) in [5.74, 6) is 5.22. The molecule has 1 saturated heterocycles. The van der Waals surface area contributed by atoms with Gasteiger partial charge in [-0.05, 0) is 50.6 Å². The number of amides is 2. The molecule has 0 aliphatic carbocycles. The summed E-state index contributed by atoms with van der Waals surface area (Å²) >= 11 is 0. The van der Waals surface area contributed by atoms with Gasteiger partial charge in [-0.1, -0.05) is 50.0 Å². The molecular formula is C29H39N3O5. The number of Topliss-reactive ketones (excluding diaryl/α,β-unsaturated/α-hetero) is 1. The molecule has 2 amide bonds. The van der Waals surface area contributed by atoms with E-state index in [1.165, 1.54) is 31.9 Å². The fourth-order valence-electron chi connectivity index (χ4n) is 3.20. The van der Waals surface area contributed by atoms with E-state index in [1.807, 2.05) is 38.1 Å². The molecule has 0 bridgehead atoms. The fraction of sp³-hybridized carbons (Fsp3) is 0.414. The van der Waals surface area contributed by atoms with Crippen LogP contribution < -0.4 is 10.8 Å². The SMILES string of the molecule is CC.CC(=O)c1ccc(C#Cc2ccc(CN3CCOCC3)cc2)cc1.CNC(=O)C(C)(C)C(=O)NO. The zero-order valence-electron chi connectivity index (χ0n) is 22.7. The minimum Gasteiger partial charge on any atom is -0.379 e. The van der Waals surface area contributed by atoms with Gasteiger partial charge in [-0.15, -0.1) is 0 Å². The first-order chi connectivity index (χ1) is 17.7. The van der Waals surface area contributed by atoms with Crippen LogP contribution in [0, 0.1) is 17.3 Å². The minimum absolute atomic E-state index is 0.0744. The number of ketones is 1. The zero-order valence-corrected chi connectivity index (χ0v) is 22.7. The quantitative estimate of drug-likeness (QED) is 0.187. The highest BCUT2D eigenvalue weighted by atomic mass is 16.5. The lowest BCUT2D eigenvalue weighted by molar-refractivity contribution is -0.146. The average molecular weight is 510 g/mol. The van der Waals surface area contributed by atoms with Crippen molar-refractivity contribution in [3.05, 3.63) is 70.8 Å². The number of ether oxygens (including phenoxy) is 1. The Morgan fingerprint density at radius 2 is 1.41 bits per heavy atom. The number of carbonyl (C=O) groups is 3. The molecule has 1 fully saturated rings. The maximum absolute atomic E-state index is 11.3. The van der Waals surface area contributed by atoms with Gasteiger partial charge in [0.25, 0.3) is 5.91 Å². The topological polar surface area (TPSA) is 108 Å². The Bertz CT molecular complexity index is 1040.